The molecule has 146 valence electrons. The van der Waals surface area contributed by atoms with Gasteiger partial charge in [-0.3, -0.25) is 4.79 Å². The lowest BCUT2D eigenvalue weighted by Gasteiger charge is -2.18. The van der Waals surface area contributed by atoms with Gasteiger partial charge < -0.3 is 21.1 Å². The van der Waals surface area contributed by atoms with Crippen molar-refractivity contribution in [2.24, 2.45) is 0 Å². The highest BCUT2D eigenvalue weighted by Gasteiger charge is 2.17. The maximum absolute atomic E-state index is 12.5. The third-order valence-corrected chi connectivity index (χ3v) is 4.36. The maximum atomic E-state index is 12.5. The number of aryl methyl sites for hydroxylation is 1. The quantitative estimate of drug-likeness (QED) is 0.366. The van der Waals surface area contributed by atoms with Gasteiger partial charge >= 0.3 is 0 Å². The molecule has 2 aromatic carbocycles. The number of carbonyl (C=O) groups is 1. The van der Waals surface area contributed by atoms with E-state index in [1.165, 1.54) is 6.20 Å². The minimum Gasteiger partial charge on any atom is -0.494 e. The minimum absolute atomic E-state index is 0.0644. The molecule has 0 heterocycles. The van der Waals surface area contributed by atoms with Crippen LogP contribution in [0.4, 0.5) is 11.4 Å². The van der Waals surface area contributed by atoms with E-state index in [-0.39, 0.29) is 11.6 Å². The fraction of sp³-hybridized carbons (Fsp3) is 0.238. The molecule has 0 spiro atoms. The second-order valence-corrected chi connectivity index (χ2v) is 6.63. The molecule has 1 atom stereocenters. The van der Waals surface area contributed by atoms with E-state index >= 15 is 0 Å². The molecule has 2 aromatic rings. The van der Waals surface area contributed by atoms with Gasteiger partial charge in [-0.25, -0.2) is 0 Å². The molecule has 0 bridgehead atoms. The summed E-state index contributed by atoms with van der Waals surface area (Å²) in [5, 5.41) is 15.5. The number of hydrogen-bond donors (Lipinski definition) is 3. The van der Waals surface area contributed by atoms with Crippen molar-refractivity contribution in [1.29, 1.82) is 5.26 Å². The van der Waals surface area contributed by atoms with Crippen LogP contribution in [-0.2, 0) is 4.79 Å². The zero-order valence-electron chi connectivity index (χ0n) is 16.0. The Morgan fingerprint density at radius 3 is 2.75 bits per heavy atom. The number of nitrogen functional groups attached to an aromatic ring is 1. The summed E-state index contributed by atoms with van der Waals surface area (Å²) in [4.78, 5) is 12.5. The van der Waals surface area contributed by atoms with Gasteiger partial charge in [0.1, 0.15) is 17.4 Å². The molecule has 0 aromatic heterocycles. The average molecular weight is 399 g/mol. The third-order valence-electron chi connectivity index (χ3n) is 4.03. The van der Waals surface area contributed by atoms with E-state index in [1.54, 1.807) is 18.2 Å². The van der Waals surface area contributed by atoms with Gasteiger partial charge in [0.05, 0.1) is 23.4 Å². The Bertz CT molecular complexity index is 934. The number of anilines is 2. The molecule has 4 N–H and O–H groups in total. The fourth-order valence-corrected chi connectivity index (χ4v) is 2.75. The predicted molar refractivity (Wildman–Crippen MR) is 112 cm³/mol. The van der Waals surface area contributed by atoms with Crippen molar-refractivity contribution >= 4 is 28.9 Å². The van der Waals surface area contributed by atoms with Crippen molar-refractivity contribution in [3.63, 3.8) is 0 Å². The van der Waals surface area contributed by atoms with Crippen molar-refractivity contribution in [2.45, 2.75) is 26.8 Å². The molecule has 28 heavy (non-hydrogen) atoms. The van der Waals surface area contributed by atoms with Gasteiger partial charge in [-0.05, 0) is 45.0 Å². The molecular weight excluding hydrogens is 376 g/mol. The van der Waals surface area contributed by atoms with Crippen molar-refractivity contribution in [3.05, 3.63) is 64.3 Å². The van der Waals surface area contributed by atoms with E-state index in [0.29, 0.717) is 28.8 Å². The highest BCUT2D eigenvalue weighted by Crippen LogP contribution is 2.27. The van der Waals surface area contributed by atoms with Gasteiger partial charge in [0, 0.05) is 17.5 Å². The van der Waals surface area contributed by atoms with Crippen LogP contribution in [0.5, 0.6) is 5.75 Å². The molecule has 0 aliphatic heterocycles. The molecule has 1 amide bonds. The van der Waals surface area contributed by atoms with Crippen LogP contribution in [0.3, 0.4) is 0 Å². The molecule has 0 saturated carbocycles. The lowest BCUT2D eigenvalue weighted by atomic mass is 10.0. The number of rotatable bonds is 7. The van der Waals surface area contributed by atoms with E-state index in [1.807, 2.05) is 45.0 Å². The molecule has 0 aliphatic rings. The first kappa shape index (κ1) is 21.1. The van der Waals surface area contributed by atoms with E-state index in [0.717, 1.165) is 11.1 Å². The molecule has 0 saturated heterocycles. The Morgan fingerprint density at radius 2 is 2.11 bits per heavy atom. The fourth-order valence-electron chi connectivity index (χ4n) is 2.57. The first-order chi connectivity index (χ1) is 13.3. The first-order valence-electron chi connectivity index (χ1n) is 8.81. The number of halogens is 1. The number of nitriles is 1. The van der Waals surface area contributed by atoms with Gasteiger partial charge in [-0.2, -0.15) is 5.26 Å². The number of nitrogens with zero attached hydrogens (tertiary/aromatic N) is 1. The lowest BCUT2D eigenvalue weighted by molar-refractivity contribution is -0.117. The number of ether oxygens (including phenoxy) is 1. The summed E-state index contributed by atoms with van der Waals surface area (Å²) < 4.78 is 5.64. The van der Waals surface area contributed by atoms with Gasteiger partial charge in [0.25, 0.3) is 5.91 Å². The SMILES string of the molecule is CCOc1ccc(C)cc1C(C)NC(=O)/C(C#N)=C\Nc1ccc(N)c(Cl)c1. The van der Waals surface area contributed by atoms with Crippen molar-refractivity contribution < 1.29 is 9.53 Å². The first-order valence-corrected chi connectivity index (χ1v) is 9.19. The van der Waals surface area contributed by atoms with Crippen LogP contribution in [0, 0.1) is 18.3 Å². The Labute approximate surface area is 169 Å². The van der Waals surface area contributed by atoms with Crippen LogP contribution in [0.25, 0.3) is 0 Å². The Morgan fingerprint density at radius 1 is 1.36 bits per heavy atom. The van der Waals surface area contributed by atoms with Crippen LogP contribution in [-0.4, -0.2) is 12.5 Å². The molecular formula is C21H23ClN4O2. The lowest BCUT2D eigenvalue weighted by Crippen LogP contribution is -2.28. The number of hydrogen-bond acceptors (Lipinski definition) is 5. The predicted octanol–water partition coefficient (Wildman–Crippen LogP) is 4.33. The van der Waals surface area contributed by atoms with Gasteiger partial charge in [-0.1, -0.05) is 29.3 Å². The molecule has 6 nitrogen and oxygen atoms in total. The largest absolute Gasteiger partial charge is 0.494 e. The molecule has 7 heteroatoms. The second-order valence-electron chi connectivity index (χ2n) is 6.22. The van der Waals surface area contributed by atoms with Gasteiger partial charge in [0.15, 0.2) is 0 Å². The number of nitrogens with two attached hydrogens (primary N) is 1. The number of nitrogens with one attached hydrogen (secondary N) is 2. The van der Waals surface area contributed by atoms with E-state index in [4.69, 9.17) is 22.1 Å². The summed E-state index contributed by atoms with van der Waals surface area (Å²) in [5.74, 6) is 0.214. The topological polar surface area (TPSA) is 100 Å². The minimum atomic E-state index is -0.493. The third kappa shape index (κ3) is 5.41. The monoisotopic (exact) mass is 398 g/mol. The molecule has 0 radical (unpaired) electrons. The van der Waals surface area contributed by atoms with Crippen LogP contribution in [0.2, 0.25) is 5.02 Å². The molecule has 0 aliphatic carbocycles. The number of benzene rings is 2. The highest BCUT2D eigenvalue weighted by molar-refractivity contribution is 6.33. The van der Waals surface area contributed by atoms with E-state index in [9.17, 15) is 10.1 Å². The smallest absolute Gasteiger partial charge is 0.263 e. The van der Waals surface area contributed by atoms with Crippen LogP contribution in [0.1, 0.15) is 31.0 Å². The molecule has 0 fully saturated rings. The van der Waals surface area contributed by atoms with Crippen molar-refractivity contribution in [2.75, 3.05) is 17.7 Å². The normalized spacial score (nSPS) is 12.0. The summed E-state index contributed by atoms with van der Waals surface area (Å²) in [5.41, 5.74) is 8.58. The Hall–Kier alpha value is -3.17. The van der Waals surface area contributed by atoms with Gasteiger partial charge in [-0.15, -0.1) is 0 Å². The number of carbonyl (C=O) groups excluding carboxylic acids is 1. The van der Waals surface area contributed by atoms with Crippen LogP contribution >= 0.6 is 11.6 Å². The maximum Gasteiger partial charge on any atom is 0.263 e. The zero-order chi connectivity index (χ0) is 20.7. The van der Waals surface area contributed by atoms with Crippen LogP contribution in [0.15, 0.2) is 48.2 Å². The average Bonchev–Trinajstić information content (AvgIpc) is 2.66. The van der Waals surface area contributed by atoms with Crippen molar-refractivity contribution in [1.82, 2.24) is 5.32 Å². The number of amides is 1. The van der Waals surface area contributed by atoms with Crippen molar-refractivity contribution in [3.8, 4) is 11.8 Å². The summed E-state index contributed by atoms with van der Waals surface area (Å²) in [6.07, 6.45) is 1.34. The standard InChI is InChI=1S/C21H23ClN4O2/c1-4-28-20-8-5-13(2)9-17(20)14(3)26-21(27)15(11-23)12-25-16-6-7-19(24)18(22)10-16/h5-10,12,14,25H,4,24H2,1-3H3,(H,26,27)/b15-12-. The summed E-state index contributed by atoms with van der Waals surface area (Å²) in [6, 6.07) is 12.3. The summed E-state index contributed by atoms with van der Waals surface area (Å²) in [7, 11) is 0. The van der Waals surface area contributed by atoms with E-state index in [2.05, 4.69) is 10.6 Å². The Balaban J connectivity index is 2.14. The van der Waals surface area contributed by atoms with E-state index < -0.39 is 5.91 Å². The molecule has 2 rings (SSSR count). The summed E-state index contributed by atoms with van der Waals surface area (Å²) >= 11 is 5.97. The molecule has 1 unspecified atom stereocenters. The second kappa shape index (κ2) is 9.67. The van der Waals surface area contributed by atoms with Crippen LogP contribution < -0.4 is 21.1 Å². The zero-order valence-corrected chi connectivity index (χ0v) is 16.8. The highest BCUT2D eigenvalue weighted by atomic mass is 35.5. The Kier molecular flexibility index (Phi) is 7.30. The summed E-state index contributed by atoms with van der Waals surface area (Å²) in [6.45, 7) is 6.24. The van der Waals surface area contributed by atoms with Gasteiger partial charge in [0.2, 0.25) is 0 Å².